The highest BCUT2D eigenvalue weighted by Crippen LogP contribution is 2.36. The average molecular weight is 448 g/mol. The Morgan fingerprint density at radius 3 is 2.66 bits per heavy atom. The standard InChI is InChI=1S/C21H24F2N4O2.CH2O2/c1-13-2-3-20(26-25-13)27-5-4-18-15(11-27)12-29-19(18)9-21(28)24-10-14-6-16(22)8-17(23)7-14;2-1-3/h2-3,6-8,15,18-19H,4-5,9-12H2,1H3,(H,24,28);1H,(H,2,3)/t15-,18-,19+;/m1./s1. The molecule has 32 heavy (non-hydrogen) atoms. The maximum atomic E-state index is 13.3. The molecule has 2 fully saturated rings. The lowest BCUT2D eigenvalue weighted by molar-refractivity contribution is -0.124. The van der Waals surface area contributed by atoms with Crippen molar-refractivity contribution in [2.45, 2.75) is 32.4 Å². The summed E-state index contributed by atoms with van der Waals surface area (Å²) in [5.74, 6) is 0.0659. The van der Waals surface area contributed by atoms with Gasteiger partial charge in [-0.15, -0.1) is 5.10 Å². The van der Waals surface area contributed by atoms with E-state index in [1.54, 1.807) is 0 Å². The van der Waals surface area contributed by atoms with Crippen molar-refractivity contribution in [2.24, 2.45) is 11.8 Å². The molecule has 0 bridgehead atoms. The topological polar surface area (TPSA) is 105 Å². The number of hydrogen-bond acceptors (Lipinski definition) is 6. The second-order valence-corrected chi connectivity index (χ2v) is 7.93. The Bertz CT molecular complexity index is 908. The Hall–Kier alpha value is -3.14. The van der Waals surface area contributed by atoms with E-state index in [2.05, 4.69) is 20.4 Å². The number of hydrogen-bond donors (Lipinski definition) is 2. The molecule has 0 saturated carbocycles. The first-order valence-electron chi connectivity index (χ1n) is 10.4. The van der Waals surface area contributed by atoms with Crippen LogP contribution in [0.4, 0.5) is 14.6 Å². The van der Waals surface area contributed by atoms with Crippen LogP contribution in [-0.4, -0.2) is 53.5 Å². The number of piperidine rings is 1. The number of halogens is 2. The van der Waals surface area contributed by atoms with Crippen molar-refractivity contribution >= 4 is 18.2 Å². The van der Waals surface area contributed by atoms with Gasteiger partial charge >= 0.3 is 0 Å². The molecular weight excluding hydrogens is 422 g/mol. The summed E-state index contributed by atoms with van der Waals surface area (Å²) in [7, 11) is 0. The third-order valence-electron chi connectivity index (χ3n) is 5.70. The minimum absolute atomic E-state index is 0.0915. The molecule has 0 aliphatic carbocycles. The molecule has 2 aliphatic heterocycles. The second-order valence-electron chi connectivity index (χ2n) is 7.93. The van der Waals surface area contributed by atoms with Crippen molar-refractivity contribution in [3.63, 3.8) is 0 Å². The van der Waals surface area contributed by atoms with Crippen molar-refractivity contribution in [2.75, 3.05) is 24.6 Å². The number of fused-ring (bicyclic) bond motifs is 1. The lowest BCUT2D eigenvalue weighted by Gasteiger charge is -2.36. The van der Waals surface area contributed by atoms with Gasteiger partial charge in [0, 0.05) is 31.6 Å². The monoisotopic (exact) mass is 448 g/mol. The predicted molar refractivity (Wildman–Crippen MR) is 112 cm³/mol. The van der Waals surface area contributed by atoms with Crippen LogP contribution < -0.4 is 10.2 Å². The summed E-state index contributed by atoms with van der Waals surface area (Å²) in [6, 6.07) is 7.19. The van der Waals surface area contributed by atoms with E-state index in [0.29, 0.717) is 24.0 Å². The summed E-state index contributed by atoms with van der Waals surface area (Å²) in [5.41, 5.74) is 1.29. The Balaban J connectivity index is 0.000000913. The van der Waals surface area contributed by atoms with E-state index in [1.807, 2.05) is 19.1 Å². The first-order chi connectivity index (χ1) is 15.4. The number of carboxylic acid groups (broad SMARTS) is 1. The van der Waals surface area contributed by atoms with Crippen molar-refractivity contribution in [1.29, 1.82) is 0 Å². The van der Waals surface area contributed by atoms with Crippen LogP contribution in [0.1, 0.15) is 24.1 Å². The van der Waals surface area contributed by atoms with Crippen molar-refractivity contribution in [3.8, 4) is 0 Å². The highest BCUT2D eigenvalue weighted by molar-refractivity contribution is 5.76. The molecule has 172 valence electrons. The molecule has 2 saturated heterocycles. The lowest BCUT2D eigenvalue weighted by Crippen LogP contribution is -2.42. The summed E-state index contributed by atoms with van der Waals surface area (Å²) in [6.45, 7) is 4.06. The maximum Gasteiger partial charge on any atom is 0.290 e. The first-order valence-corrected chi connectivity index (χ1v) is 10.4. The van der Waals surface area contributed by atoms with Gasteiger partial charge in [-0.25, -0.2) is 8.78 Å². The van der Waals surface area contributed by atoms with Crippen LogP contribution in [0.2, 0.25) is 0 Å². The summed E-state index contributed by atoms with van der Waals surface area (Å²) < 4.78 is 32.4. The van der Waals surface area contributed by atoms with Gasteiger partial charge in [0.05, 0.1) is 24.8 Å². The molecule has 4 rings (SSSR count). The van der Waals surface area contributed by atoms with Crippen molar-refractivity contribution in [3.05, 3.63) is 53.2 Å². The molecular formula is C22H26F2N4O4. The number of anilines is 1. The average Bonchev–Trinajstić information content (AvgIpc) is 3.15. The number of nitrogens with zero attached hydrogens (tertiary/aromatic N) is 3. The van der Waals surface area contributed by atoms with Crippen LogP contribution in [0.25, 0.3) is 0 Å². The fraction of sp³-hybridized carbons (Fsp3) is 0.455. The number of carbonyl (C=O) groups excluding carboxylic acids is 1. The van der Waals surface area contributed by atoms with E-state index in [1.165, 1.54) is 12.1 Å². The number of amides is 1. The Kier molecular flexibility index (Phi) is 8.04. The van der Waals surface area contributed by atoms with Crippen LogP contribution >= 0.6 is 0 Å². The van der Waals surface area contributed by atoms with Gasteiger partial charge in [0.15, 0.2) is 5.82 Å². The van der Waals surface area contributed by atoms with Gasteiger partial charge in [-0.05, 0) is 49.1 Å². The Labute approximate surface area is 184 Å². The van der Waals surface area contributed by atoms with Gasteiger partial charge in [-0.3, -0.25) is 9.59 Å². The zero-order valence-corrected chi connectivity index (χ0v) is 17.7. The molecule has 2 aliphatic rings. The van der Waals surface area contributed by atoms with E-state index in [-0.39, 0.29) is 31.4 Å². The molecule has 0 unspecified atom stereocenters. The van der Waals surface area contributed by atoms with Gasteiger partial charge < -0.3 is 20.1 Å². The fourth-order valence-electron chi connectivity index (χ4n) is 4.23. The SMILES string of the molecule is Cc1ccc(N2CC[C@@H]3[C@@H](CO[C@H]3CC(=O)NCc3cc(F)cc(F)c3)C2)nn1.O=CO. The maximum absolute atomic E-state index is 13.3. The Morgan fingerprint density at radius 1 is 1.28 bits per heavy atom. The summed E-state index contributed by atoms with van der Waals surface area (Å²) in [4.78, 5) is 22.9. The van der Waals surface area contributed by atoms with Crippen LogP contribution in [0.3, 0.4) is 0 Å². The fourth-order valence-corrected chi connectivity index (χ4v) is 4.23. The summed E-state index contributed by atoms with van der Waals surface area (Å²) in [5, 5.41) is 18.0. The minimum atomic E-state index is -0.652. The minimum Gasteiger partial charge on any atom is -0.483 e. The van der Waals surface area contributed by atoms with Crippen molar-refractivity contribution in [1.82, 2.24) is 15.5 Å². The highest BCUT2D eigenvalue weighted by atomic mass is 19.1. The van der Waals surface area contributed by atoms with E-state index < -0.39 is 11.6 Å². The highest BCUT2D eigenvalue weighted by Gasteiger charge is 2.41. The Morgan fingerprint density at radius 2 is 2.00 bits per heavy atom. The number of carbonyl (C=O) groups is 2. The zero-order valence-electron chi connectivity index (χ0n) is 17.7. The molecule has 3 atom stereocenters. The summed E-state index contributed by atoms with van der Waals surface area (Å²) >= 11 is 0. The first kappa shape index (κ1) is 23.5. The van der Waals surface area contributed by atoms with Gasteiger partial charge in [-0.2, -0.15) is 5.10 Å². The van der Waals surface area contributed by atoms with Crippen LogP contribution in [0, 0.1) is 30.4 Å². The van der Waals surface area contributed by atoms with Crippen LogP contribution in [0.15, 0.2) is 30.3 Å². The zero-order chi connectivity index (χ0) is 23.1. The number of nitrogens with one attached hydrogen (secondary N) is 1. The second kappa shape index (κ2) is 10.9. The van der Waals surface area contributed by atoms with Crippen molar-refractivity contribution < 1.29 is 28.2 Å². The number of benzene rings is 1. The molecule has 8 nitrogen and oxygen atoms in total. The molecule has 0 spiro atoms. The van der Waals surface area contributed by atoms with Gasteiger partial charge in [0.1, 0.15) is 11.6 Å². The number of rotatable bonds is 5. The molecule has 2 N–H and O–H groups in total. The molecule has 3 heterocycles. The van der Waals surface area contributed by atoms with E-state index in [4.69, 9.17) is 14.6 Å². The molecule has 0 radical (unpaired) electrons. The van der Waals surface area contributed by atoms with Crippen LogP contribution in [-0.2, 0) is 20.9 Å². The van der Waals surface area contributed by atoms with Crippen LogP contribution in [0.5, 0.6) is 0 Å². The van der Waals surface area contributed by atoms with E-state index in [9.17, 15) is 13.6 Å². The molecule has 1 amide bonds. The molecule has 10 heteroatoms. The quantitative estimate of drug-likeness (QED) is 0.677. The molecule has 2 aromatic rings. The molecule has 1 aromatic heterocycles. The van der Waals surface area contributed by atoms with Gasteiger partial charge in [0.25, 0.3) is 6.47 Å². The van der Waals surface area contributed by atoms with E-state index >= 15 is 0 Å². The number of aromatic nitrogens is 2. The normalized spacial score (nSPS) is 21.8. The molecule has 1 aromatic carbocycles. The third kappa shape index (κ3) is 6.19. The summed E-state index contributed by atoms with van der Waals surface area (Å²) in [6.07, 6.45) is 1.05. The number of aryl methyl sites for hydroxylation is 1. The lowest BCUT2D eigenvalue weighted by atomic mass is 9.83. The van der Waals surface area contributed by atoms with E-state index in [0.717, 1.165) is 37.1 Å². The number of ether oxygens (including phenoxy) is 1. The largest absolute Gasteiger partial charge is 0.483 e. The van der Waals surface area contributed by atoms with Gasteiger partial charge in [-0.1, -0.05) is 0 Å². The smallest absolute Gasteiger partial charge is 0.290 e. The predicted octanol–water partition coefficient (Wildman–Crippen LogP) is 2.31. The van der Waals surface area contributed by atoms with Gasteiger partial charge in [0.2, 0.25) is 5.91 Å². The third-order valence-corrected chi connectivity index (χ3v) is 5.70.